The van der Waals surface area contributed by atoms with E-state index < -0.39 is 0 Å². The van der Waals surface area contributed by atoms with E-state index >= 15 is 0 Å². The molecular weight excluding hydrogens is 158 g/mol. The summed E-state index contributed by atoms with van der Waals surface area (Å²) in [5, 5.41) is 2.96. The minimum Gasteiger partial charge on any atom is -0.394 e. The van der Waals surface area contributed by atoms with E-state index in [1.165, 1.54) is 11.1 Å². The number of allylic oxidation sites excluding steroid dienone is 1. The highest BCUT2D eigenvalue weighted by Crippen LogP contribution is 2.06. The summed E-state index contributed by atoms with van der Waals surface area (Å²) >= 11 is 0. The molecule has 0 saturated carbocycles. The predicted molar refractivity (Wildman–Crippen MR) is 58.4 cm³/mol. The Morgan fingerprint density at radius 3 is 2.54 bits per heavy atom. The molecule has 0 aliphatic carbocycles. The Bertz CT molecular complexity index is 282. The molecule has 0 heterocycles. The van der Waals surface area contributed by atoms with Gasteiger partial charge < -0.3 is 5.32 Å². The number of benzene rings is 1. The van der Waals surface area contributed by atoms with Crippen molar-refractivity contribution in [2.24, 2.45) is 0 Å². The molecule has 1 aromatic carbocycles. The van der Waals surface area contributed by atoms with Gasteiger partial charge in [-0.1, -0.05) is 30.3 Å². The lowest BCUT2D eigenvalue weighted by Gasteiger charge is -1.97. The summed E-state index contributed by atoms with van der Waals surface area (Å²) in [4.78, 5) is 0. The van der Waals surface area contributed by atoms with Gasteiger partial charge in [0, 0.05) is 7.05 Å². The normalized spacial score (nSPS) is 10.2. The van der Waals surface area contributed by atoms with Crippen LogP contribution in [0.25, 0.3) is 6.08 Å². The van der Waals surface area contributed by atoms with Crippen molar-refractivity contribution in [1.82, 2.24) is 5.32 Å². The third kappa shape index (κ3) is 3.16. The average Bonchev–Trinajstić information content (AvgIpc) is 2.17. The predicted octanol–water partition coefficient (Wildman–Crippen LogP) is 2.61. The monoisotopic (exact) mass is 173 g/mol. The van der Waals surface area contributed by atoms with Crippen molar-refractivity contribution in [2.75, 3.05) is 7.05 Å². The first kappa shape index (κ1) is 9.59. The highest BCUT2D eigenvalue weighted by molar-refractivity contribution is 5.49. The van der Waals surface area contributed by atoms with E-state index in [4.69, 9.17) is 0 Å². The quantitative estimate of drug-likeness (QED) is 0.690. The van der Waals surface area contributed by atoms with E-state index in [1.54, 1.807) is 0 Å². The molecule has 0 aliphatic heterocycles. The lowest BCUT2D eigenvalue weighted by atomic mass is 10.1. The first-order valence-electron chi connectivity index (χ1n) is 4.40. The Kier molecular flexibility index (Phi) is 3.83. The molecule has 1 rings (SSSR count). The van der Waals surface area contributed by atoms with E-state index in [0.29, 0.717) is 0 Å². The molecule has 0 radical (unpaired) electrons. The van der Waals surface area contributed by atoms with Gasteiger partial charge in [0.1, 0.15) is 0 Å². The van der Waals surface area contributed by atoms with Crippen LogP contribution in [-0.4, -0.2) is 7.05 Å². The van der Waals surface area contributed by atoms with E-state index in [1.807, 2.05) is 25.4 Å². The van der Waals surface area contributed by atoms with Gasteiger partial charge >= 0.3 is 0 Å². The molecule has 0 aromatic heterocycles. The summed E-state index contributed by atoms with van der Waals surface area (Å²) in [6.45, 7) is 3.70. The first-order valence-corrected chi connectivity index (χ1v) is 4.40. The smallest absolute Gasteiger partial charge is 0.00277 e. The average molecular weight is 173 g/mol. The fourth-order valence-corrected chi connectivity index (χ4v) is 1.11. The van der Waals surface area contributed by atoms with Gasteiger partial charge in [-0.25, -0.2) is 0 Å². The van der Waals surface area contributed by atoms with E-state index in [9.17, 15) is 0 Å². The maximum Gasteiger partial charge on any atom is 0.00277 e. The van der Waals surface area contributed by atoms with Crippen molar-refractivity contribution in [3.8, 4) is 0 Å². The number of hydrogen-bond acceptors (Lipinski definition) is 1. The van der Waals surface area contributed by atoms with Crippen LogP contribution < -0.4 is 5.32 Å². The van der Waals surface area contributed by atoms with Gasteiger partial charge in [-0.3, -0.25) is 0 Å². The Balaban J connectivity index is 2.69. The second kappa shape index (κ2) is 5.20. The molecule has 1 aromatic rings. The Morgan fingerprint density at radius 2 is 2.00 bits per heavy atom. The van der Waals surface area contributed by atoms with Crippen LogP contribution in [-0.2, 0) is 6.42 Å². The second-order valence-electron chi connectivity index (χ2n) is 2.86. The Hall–Kier alpha value is -1.50. The summed E-state index contributed by atoms with van der Waals surface area (Å²) in [7, 11) is 1.89. The molecule has 0 atom stereocenters. The zero-order valence-electron chi connectivity index (χ0n) is 7.96. The molecule has 68 valence electrons. The van der Waals surface area contributed by atoms with Gasteiger partial charge in [0.15, 0.2) is 0 Å². The highest BCUT2D eigenvalue weighted by atomic mass is 14.8. The van der Waals surface area contributed by atoms with Crippen LogP contribution in [0.4, 0.5) is 0 Å². The number of nitrogens with one attached hydrogen (secondary N) is 1. The number of rotatable bonds is 4. The van der Waals surface area contributed by atoms with Gasteiger partial charge in [-0.05, 0) is 29.8 Å². The third-order valence-corrected chi connectivity index (χ3v) is 1.80. The fraction of sp³-hybridized carbons (Fsp3) is 0.167. The van der Waals surface area contributed by atoms with Gasteiger partial charge in [-0.15, -0.1) is 6.58 Å². The van der Waals surface area contributed by atoms with Crippen LogP contribution >= 0.6 is 0 Å². The minimum atomic E-state index is 0.940. The zero-order chi connectivity index (χ0) is 9.52. The standard InChI is InChI=1S/C12H15N/c1-3-4-11-5-7-12(8-6-11)9-10-13-2/h3,5-10,13H,1,4H2,2H3. The fourth-order valence-electron chi connectivity index (χ4n) is 1.11. The zero-order valence-corrected chi connectivity index (χ0v) is 7.96. The molecule has 0 saturated heterocycles. The molecule has 13 heavy (non-hydrogen) atoms. The summed E-state index contributed by atoms with van der Waals surface area (Å²) in [5.74, 6) is 0. The van der Waals surface area contributed by atoms with Crippen molar-refractivity contribution in [3.63, 3.8) is 0 Å². The van der Waals surface area contributed by atoms with E-state index in [-0.39, 0.29) is 0 Å². The molecule has 0 aliphatic rings. The van der Waals surface area contributed by atoms with Crippen LogP contribution in [0.3, 0.4) is 0 Å². The molecule has 1 nitrogen and oxygen atoms in total. The first-order chi connectivity index (χ1) is 6.36. The van der Waals surface area contributed by atoms with Crippen LogP contribution in [0.2, 0.25) is 0 Å². The lowest BCUT2D eigenvalue weighted by Crippen LogP contribution is -1.90. The largest absolute Gasteiger partial charge is 0.394 e. The van der Waals surface area contributed by atoms with Crippen LogP contribution in [0.15, 0.2) is 43.1 Å². The maximum atomic E-state index is 3.70. The summed E-state index contributed by atoms with van der Waals surface area (Å²) in [6, 6.07) is 8.45. The van der Waals surface area contributed by atoms with Crippen molar-refractivity contribution in [2.45, 2.75) is 6.42 Å². The van der Waals surface area contributed by atoms with Gasteiger partial charge in [0.05, 0.1) is 0 Å². The van der Waals surface area contributed by atoms with E-state index in [2.05, 4.69) is 36.2 Å². The minimum absolute atomic E-state index is 0.940. The van der Waals surface area contributed by atoms with E-state index in [0.717, 1.165) is 6.42 Å². The molecule has 1 N–H and O–H groups in total. The second-order valence-corrected chi connectivity index (χ2v) is 2.86. The van der Waals surface area contributed by atoms with Crippen molar-refractivity contribution in [1.29, 1.82) is 0 Å². The Labute approximate surface area is 79.8 Å². The summed E-state index contributed by atoms with van der Waals surface area (Å²) in [6.07, 6.45) is 6.81. The van der Waals surface area contributed by atoms with Gasteiger partial charge in [0.25, 0.3) is 0 Å². The highest BCUT2D eigenvalue weighted by Gasteiger charge is 1.88. The molecule has 0 unspecified atom stereocenters. The molecule has 0 spiro atoms. The summed E-state index contributed by atoms with van der Waals surface area (Å²) in [5.41, 5.74) is 2.51. The molecule has 1 heteroatoms. The summed E-state index contributed by atoms with van der Waals surface area (Å²) < 4.78 is 0. The van der Waals surface area contributed by atoms with Crippen LogP contribution in [0.5, 0.6) is 0 Å². The van der Waals surface area contributed by atoms with Crippen molar-refractivity contribution in [3.05, 3.63) is 54.2 Å². The van der Waals surface area contributed by atoms with Gasteiger partial charge in [0.2, 0.25) is 0 Å². The topological polar surface area (TPSA) is 12.0 Å². The molecule has 0 amide bonds. The van der Waals surface area contributed by atoms with Crippen LogP contribution in [0, 0.1) is 0 Å². The van der Waals surface area contributed by atoms with Crippen LogP contribution in [0.1, 0.15) is 11.1 Å². The maximum absolute atomic E-state index is 3.70. The number of hydrogen-bond donors (Lipinski definition) is 1. The molecule has 0 bridgehead atoms. The van der Waals surface area contributed by atoms with Crippen molar-refractivity contribution < 1.29 is 0 Å². The molecule has 0 fully saturated rings. The molecular formula is C12H15N. The van der Waals surface area contributed by atoms with Crippen molar-refractivity contribution >= 4 is 6.08 Å². The SMILES string of the molecule is C=CCc1ccc(C=CNC)cc1. The van der Waals surface area contributed by atoms with Gasteiger partial charge in [-0.2, -0.15) is 0 Å². The lowest BCUT2D eigenvalue weighted by molar-refractivity contribution is 1.11. The third-order valence-electron chi connectivity index (χ3n) is 1.80. The Morgan fingerprint density at radius 1 is 1.31 bits per heavy atom.